The fourth-order valence-electron chi connectivity index (χ4n) is 5.20. The van der Waals surface area contributed by atoms with Gasteiger partial charge in [0.2, 0.25) is 11.8 Å². The number of likely N-dealkylation sites (tertiary alicyclic amines) is 1. The average molecular weight is 559 g/mol. The smallest absolute Gasteiger partial charge is 0.245 e. The molecule has 3 aromatic rings. The molecule has 0 unspecified atom stereocenters. The highest BCUT2D eigenvalue weighted by Crippen LogP contribution is 2.38. The number of carbonyl (C=O) groups excluding carboxylic acids is 2. The number of amides is 2. The number of aromatic nitrogens is 2. The molecule has 8 nitrogen and oxygen atoms in total. The topological polar surface area (TPSA) is 96.5 Å². The predicted octanol–water partition coefficient (Wildman–Crippen LogP) is 4.81. The zero-order valence-corrected chi connectivity index (χ0v) is 24.8. The number of hydrogen-bond acceptors (Lipinski definition) is 5. The summed E-state index contributed by atoms with van der Waals surface area (Å²) in [4.78, 5) is 36.1. The number of H-pyrrole nitrogens is 1. The second-order valence-corrected chi connectivity index (χ2v) is 11.0. The first-order valence-corrected chi connectivity index (χ1v) is 14.3. The van der Waals surface area contributed by atoms with E-state index in [4.69, 9.17) is 9.47 Å². The van der Waals surface area contributed by atoms with Crippen molar-refractivity contribution in [2.45, 2.75) is 65.5 Å². The summed E-state index contributed by atoms with van der Waals surface area (Å²) in [6.07, 6.45) is 4.82. The summed E-state index contributed by atoms with van der Waals surface area (Å²) < 4.78 is 12.0. The summed E-state index contributed by atoms with van der Waals surface area (Å²) in [5.41, 5.74) is 5.56. The predicted molar refractivity (Wildman–Crippen MR) is 160 cm³/mol. The Bertz CT molecular complexity index is 1350. The Morgan fingerprint density at radius 3 is 2.49 bits per heavy atom. The van der Waals surface area contributed by atoms with Crippen LogP contribution in [-0.2, 0) is 32.8 Å². The number of aryl methyl sites for hydroxylation is 3. The molecule has 0 spiro atoms. The summed E-state index contributed by atoms with van der Waals surface area (Å²) in [6, 6.07) is 15.2. The summed E-state index contributed by atoms with van der Waals surface area (Å²) in [5, 5.41) is 3.02. The minimum atomic E-state index is -0.701. The maximum Gasteiger partial charge on any atom is 0.245 e. The highest BCUT2D eigenvalue weighted by Gasteiger charge is 2.49. The van der Waals surface area contributed by atoms with Gasteiger partial charge in [-0.15, -0.1) is 0 Å². The number of carbonyl (C=O) groups is 2. The zero-order chi connectivity index (χ0) is 29.4. The molecule has 218 valence electrons. The molecule has 8 heteroatoms. The largest absolute Gasteiger partial charge is 0.494 e. The van der Waals surface area contributed by atoms with E-state index >= 15 is 0 Å². The molecule has 0 radical (unpaired) electrons. The van der Waals surface area contributed by atoms with Crippen LogP contribution < -0.4 is 10.1 Å². The first-order valence-electron chi connectivity index (χ1n) is 14.3. The lowest BCUT2D eigenvalue weighted by Gasteiger charge is -2.51. The van der Waals surface area contributed by atoms with Gasteiger partial charge in [0.25, 0.3) is 0 Å². The van der Waals surface area contributed by atoms with Crippen LogP contribution in [0.2, 0.25) is 0 Å². The van der Waals surface area contributed by atoms with Crippen LogP contribution in [0.5, 0.6) is 5.75 Å². The lowest BCUT2D eigenvalue weighted by Crippen LogP contribution is -2.66. The second-order valence-electron chi connectivity index (χ2n) is 11.0. The van der Waals surface area contributed by atoms with Gasteiger partial charge in [0.15, 0.2) is 0 Å². The molecule has 4 rings (SSSR count). The van der Waals surface area contributed by atoms with Crippen LogP contribution >= 0.6 is 0 Å². The Morgan fingerprint density at radius 2 is 1.85 bits per heavy atom. The van der Waals surface area contributed by atoms with Crippen LogP contribution in [0.4, 0.5) is 0 Å². The van der Waals surface area contributed by atoms with Crippen LogP contribution in [0.3, 0.4) is 0 Å². The molecular weight excluding hydrogens is 516 g/mol. The van der Waals surface area contributed by atoms with Gasteiger partial charge in [-0.1, -0.05) is 48.0 Å². The zero-order valence-electron chi connectivity index (χ0n) is 24.8. The van der Waals surface area contributed by atoms with Gasteiger partial charge >= 0.3 is 0 Å². The molecule has 0 aliphatic carbocycles. The van der Waals surface area contributed by atoms with Crippen molar-refractivity contribution in [1.82, 2.24) is 20.2 Å². The minimum absolute atomic E-state index is 0.113. The number of aromatic amines is 1. The van der Waals surface area contributed by atoms with E-state index in [0.29, 0.717) is 39.1 Å². The van der Waals surface area contributed by atoms with Crippen LogP contribution in [0, 0.1) is 13.8 Å². The van der Waals surface area contributed by atoms with E-state index in [2.05, 4.69) is 40.4 Å². The highest BCUT2D eigenvalue weighted by molar-refractivity contribution is 5.88. The first kappa shape index (κ1) is 30.1. The molecule has 1 aliphatic rings. The lowest BCUT2D eigenvalue weighted by atomic mass is 9.82. The van der Waals surface area contributed by atoms with Crippen molar-refractivity contribution in [3.63, 3.8) is 0 Å². The molecule has 1 atom stereocenters. The number of nitrogens with one attached hydrogen (secondary N) is 2. The Labute approximate surface area is 243 Å². The Hall–Kier alpha value is -3.91. The molecule has 0 saturated carbocycles. The summed E-state index contributed by atoms with van der Waals surface area (Å²) in [7, 11) is 0. The first-order chi connectivity index (χ1) is 19.7. The molecule has 2 N–H and O–H groups in total. The third-order valence-corrected chi connectivity index (χ3v) is 7.52. The summed E-state index contributed by atoms with van der Waals surface area (Å²) in [5.74, 6) is 0.484. The Kier molecular flexibility index (Phi) is 10.00. The Balaban J connectivity index is 1.50. The molecule has 2 aromatic carbocycles. The van der Waals surface area contributed by atoms with Gasteiger partial charge in [0.05, 0.1) is 38.3 Å². The van der Waals surface area contributed by atoms with Gasteiger partial charge in [0, 0.05) is 25.0 Å². The van der Waals surface area contributed by atoms with Crippen molar-refractivity contribution in [2.75, 3.05) is 26.3 Å². The number of ether oxygens (including phenoxy) is 2. The third kappa shape index (κ3) is 7.64. The average Bonchev–Trinajstić information content (AvgIpc) is 3.34. The fourth-order valence-corrected chi connectivity index (χ4v) is 5.20. The summed E-state index contributed by atoms with van der Waals surface area (Å²) >= 11 is 0. The van der Waals surface area contributed by atoms with Gasteiger partial charge < -0.3 is 24.7 Å². The molecule has 1 aliphatic heterocycles. The van der Waals surface area contributed by atoms with E-state index < -0.39 is 11.6 Å². The van der Waals surface area contributed by atoms with Crippen molar-refractivity contribution in [3.8, 4) is 5.75 Å². The normalized spacial score (nSPS) is 14.6. The number of benzene rings is 2. The monoisotopic (exact) mass is 558 g/mol. The number of allylic oxidation sites excluding steroid dienone is 1. The van der Waals surface area contributed by atoms with Crippen LogP contribution in [0.1, 0.15) is 55.3 Å². The molecule has 2 amide bonds. The lowest BCUT2D eigenvalue weighted by molar-refractivity contribution is -0.171. The maximum atomic E-state index is 13.9. The summed E-state index contributed by atoms with van der Waals surface area (Å²) in [6.45, 7) is 11.9. The minimum Gasteiger partial charge on any atom is -0.494 e. The molecule has 2 heterocycles. The molecule has 1 saturated heterocycles. The molecular formula is C33H42N4O4. The maximum absolute atomic E-state index is 13.9. The van der Waals surface area contributed by atoms with Gasteiger partial charge in [0.1, 0.15) is 17.4 Å². The second kappa shape index (κ2) is 13.6. The molecule has 1 aromatic heterocycles. The van der Waals surface area contributed by atoms with Crippen molar-refractivity contribution in [2.24, 2.45) is 0 Å². The fraction of sp³-hybridized carbons (Fsp3) is 0.424. The number of nitrogens with zero attached hydrogens (tertiary/aromatic N) is 2. The van der Waals surface area contributed by atoms with E-state index in [1.54, 1.807) is 11.2 Å². The van der Waals surface area contributed by atoms with Crippen LogP contribution in [0.25, 0.3) is 0 Å². The van der Waals surface area contributed by atoms with Crippen molar-refractivity contribution in [1.29, 1.82) is 0 Å². The van der Waals surface area contributed by atoms with Crippen molar-refractivity contribution >= 4 is 11.8 Å². The van der Waals surface area contributed by atoms with E-state index in [1.807, 2.05) is 64.1 Å². The molecule has 41 heavy (non-hydrogen) atoms. The highest BCUT2D eigenvalue weighted by atomic mass is 16.5. The van der Waals surface area contributed by atoms with E-state index in [1.165, 1.54) is 5.57 Å². The quantitative estimate of drug-likeness (QED) is 0.294. The SMILES string of the molecule is CCOc1ccc(C[C@@H](NC(=O)CCc2nc[nH]c2C)C(=O)N2CC(OCC=C(C)C)(c3ccccc3C)C2)cc1. The van der Waals surface area contributed by atoms with Gasteiger partial charge in [-0.2, -0.15) is 0 Å². The Morgan fingerprint density at radius 1 is 1.12 bits per heavy atom. The van der Waals surface area contributed by atoms with Crippen LogP contribution in [-0.4, -0.2) is 59.0 Å². The molecule has 1 fully saturated rings. The van der Waals surface area contributed by atoms with E-state index in [-0.39, 0.29) is 18.2 Å². The van der Waals surface area contributed by atoms with E-state index in [0.717, 1.165) is 33.8 Å². The van der Waals surface area contributed by atoms with Gasteiger partial charge in [-0.3, -0.25) is 9.59 Å². The standard InChI is InChI=1S/C33H42N4O4/c1-6-40-27-13-11-26(12-14-27)19-30(36-31(38)16-15-29-25(5)34-22-35-29)32(39)37-20-33(21-37,41-18-17-23(2)3)28-10-8-7-9-24(28)4/h7-14,17,22,30H,6,15-16,18-21H2,1-5H3,(H,34,35)(H,36,38)/t30-/m1/s1. The van der Waals surface area contributed by atoms with E-state index in [9.17, 15) is 9.59 Å². The van der Waals surface area contributed by atoms with Crippen molar-refractivity contribution in [3.05, 3.63) is 94.6 Å². The van der Waals surface area contributed by atoms with Crippen LogP contribution in [0.15, 0.2) is 66.5 Å². The number of hydrogen-bond donors (Lipinski definition) is 2. The van der Waals surface area contributed by atoms with Gasteiger partial charge in [-0.25, -0.2) is 4.98 Å². The van der Waals surface area contributed by atoms with Gasteiger partial charge in [-0.05, 0) is 63.4 Å². The van der Waals surface area contributed by atoms with Crippen molar-refractivity contribution < 1.29 is 19.1 Å². The number of imidazole rings is 1. The third-order valence-electron chi connectivity index (χ3n) is 7.52. The molecule has 0 bridgehead atoms. The number of rotatable bonds is 13.